The molecular weight excluding hydrogens is 346 g/mol. The average Bonchev–Trinajstić information content (AvgIpc) is 3.52. The fourth-order valence-corrected chi connectivity index (χ4v) is 3.53. The number of hydrogen-bond acceptors (Lipinski definition) is 5. The molecule has 1 N–H and O–H groups in total. The van der Waals surface area contributed by atoms with Crippen LogP contribution in [0, 0.1) is 11.8 Å². The summed E-state index contributed by atoms with van der Waals surface area (Å²) in [5.41, 5.74) is 1.14. The molecule has 0 spiro atoms. The van der Waals surface area contributed by atoms with Gasteiger partial charge in [0.2, 0.25) is 11.8 Å². The lowest BCUT2D eigenvalue weighted by atomic mass is 10.2. The van der Waals surface area contributed by atoms with Gasteiger partial charge >= 0.3 is 0 Å². The van der Waals surface area contributed by atoms with Crippen molar-refractivity contribution >= 4 is 17.5 Å². The minimum absolute atomic E-state index is 0.00122. The minimum Gasteiger partial charge on any atom is -0.497 e. The molecule has 1 aliphatic carbocycles. The monoisotopic (exact) mass is 375 g/mol. The Labute approximate surface area is 160 Å². The number of nitrogens with zero attached hydrogens (tertiary/aromatic N) is 2. The van der Waals surface area contributed by atoms with Gasteiger partial charge < -0.3 is 24.6 Å². The number of hydrogen-bond donors (Lipinski definition) is 1. The molecule has 2 unspecified atom stereocenters. The van der Waals surface area contributed by atoms with Crippen LogP contribution < -0.4 is 15.0 Å². The van der Waals surface area contributed by atoms with Crippen LogP contribution in [0.15, 0.2) is 24.3 Å². The number of carbonyl (C=O) groups is 2. The molecule has 27 heavy (non-hydrogen) atoms. The van der Waals surface area contributed by atoms with E-state index in [1.807, 2.05) is 29.2 Å². The molecule has 2 fully saturated rings. The molecule has 148 valence electrons. The van der Waals surface area contributed by atoms with E-state index in [9.17, 15) is 9.59 Å². The largest absolute Gasteiger partial charge is 0.497 e. The lowest BCUT2D eigenvalue weighted by Gasteiger charge is -2.36. The van der Waals surface area contributed by atoms with Gasteiger partial charge in [0.25, 0.3) is 0 Å². The van der Waals surface area contributed by atoms with Gasteiger partial charge in [-0.05, 0) is 37.1 Å². The zero-order valence-corrected chi connectivity index (χ0v) is 16.1. The molecule has 2 amide bonds. The highest BCUT2D eigenvalue weighted by Crippen LogP contribution is 2.40. The SMILES string of the molecule is COCCCNC(=O)C1CC1C(=O)N1CCN(c2ccc(OC)cc2)CC1. The second-order valence-electron chi connectivity index (χ2n) is 7.10. The highest BCUT2D eigenvalue weighted by molar-refractivity contribution is 5.92. The van der Waals surface area contributed by atoms with Gasteiger partial charge in [0.05, 0.1) is 18.9 Å². The van der Waals surface area contributed by atoms with Gasteiger partial charge in [-0.1, -0.05) is 0 Å². The predicted octanol–water partition coefficient (Wildman–Crippen LogP) is 1.13. The summed E-state index contributed by atoms with van der Waals surface area (Å²) in [6.07, 6.45) is 1.47. The van der Waals surface area contributed by atoms with Crippen LogP contribution in [0.4, 0.5) is 5.69 Å². The predicted molar refractivity (Wildman–Crippen MR) is 103 cm³/mol. The highest BCUT2D eigenvalue weighted by Gasteiger charge is 2.49. The maximum atomic E-state index is 12.7. The number of rotatable bonds is 8. The number of nitrogens with one attached hydrogen (secondary N) is 1. The van der Waals surface area contributed by atoms with Crippen LogP contribution in [0.3, 0.4) is 0 Å². The first-order valence-corrected chi connectivity index (χ1v) is 9.58. The number of piperazine rings is 1. The summed E-state index contributed by atoms with van der Waals surface area (Å²) in [5, 5.41) is 2.90. The molecule has 1 aliphatic heterocycles. The molecule has 2 aliphatic rings. The maximum Gasteiger partial charge on any atom is 0.226 e. The lowest BCUT2D eigenvalue weighted by molar-refractivity contribution is -0.135. The van der Waals surface area contributed by atoms with E-state index < -0.39 is 0 Å². The van der Waals surface area contributed by atoms with Crippen LogP contribution in [0.1, 0.15) is 12.8 Å². The zero-order valence-electron chi connectivity index (χ0n) is 16.1. The molecule has 1 aromatic carbocycles. The molecule has 1 saturated heterocycles. The Morgan fingerprint density at radius 2 is 1.78 bits per heavy atom. The third kappa shape index (κ3) is 4.91. The first-order valence-electron chi connectivity index (χ1n) is 9.58. The Balaban J connectivity index is 1.42. The van der Waals surface area contributed by atoms with Crippen molar-refractivity contribution in [3.05, 3.63) is 24.3 Å². The fourth-order valence-electron chi connectivity index (χ4n) is 3.53. The molecule has 2 atom stereocenters. The Hall–Kier alpha value is -2.28. The Morgan fingerprint density at radius 3 is 2.41 bits per heavy atom. The van der Waals surface area contributed by atoms with Gasteiger partial charge in [0.15, 0.2) is 0 Å². The van der Waals surface area contributed by atoms with Crippen molar-refractivity contribution in [1.82, 2.24) is 10.2 Å². The maximum absolute atomic E-state index is 12.7. The minimum atomic E-state index is -0.153. The second kappa shape index (κ2) is 9.08. The highest BCUT2D eigenvalue weighted by atomic mass is 16.5. The molecular formula is C20H29N3O4. The van der Waals surface area contributed by atoms with Gasteiger partial charge in [-0.15, -0.1) is 0 Å². The third-order valence-corrected chi connectivity index (χ3v) is 5.30. The normalized spacial score (nSPS) is 21.7. The summed E-state index contributed by atoms with van der Waals surface area (Å²) >= 11 is 0. The number of carbonyl (C=O) groups excluding carboxylic acids is 2. The van der Waals surface area contributed by atoms with Gasteiger partial charge in [0, 0.05) is 52.1 Å². The van der Waals surface area contributed by atoms with Crippen LogP contribution in [0.25, 0.3) is 0 Å². The van der Waals surface area contributed by atoms with E-state index in [2.05, 4.69) is 10.2 Å². The van der Waals surface area contributed by atoms with Crippen molar-refractivity contribution in [3.63, 3.8) is 0 Å². The van der Waals surface area contributed by atoms with Crippen molar-refractivity contribution in [2.75, 3.05) is 58.5 Å². The summed E-state index contributed by atoms with van der Waals surface area (Å²) in [6.45, 7) is 4.24. The van der Waals surface area contributed by atoms with Crippen LogP contribution >= 0.6 is 0 Å². The molecule has 1 heterocycles. The molecule has 3 rings (SSSR count). The van der Waals surface area contributed by atoms with Crippen molar-refractivity contribution in [2.24, 2.45) is 11.8 Å². The quantitative estimate of drug-likeness (QED) is 0.690. The van der Waals surface area contributed by atoms with E-state index in [4.69, 9.17) is 9.47 Å². The van der Waals surface area contributed by atoms with E-state index >= 15 is 0 Å². The second-order valence-corrected chi connectivity index (χ2v) is 7.10. The fraction of sp³-hybridized carbons (Fsp3) is 0.600. The molecule has 7 nitrogen and oxygen atoms in total. The first-order chi connectivity index (χ1) is 13.1. The number of anilines is 1. The van der Waals surface area contributed by atoms with E-state index in [1.165, 1.54) is 0 Å². The zero-order chi connectivity index (χ0) is 19.2. The topological polar surface area (TPSA) is 71.1 Å². The average molecular weight is 375 g/mol. The van der Waals surface area contributed by atoms with Crippen molar-refractivity contribution in [2.45, 2.75) is 12.8 Å². The third-order valence-electron chi connectivity index (χ3n) is 5.30. The number of benzene rings is 1. The van der Waals surface area contributed by atoms with E-state index in [-0.39, 0.29) is 23.7 Å². The summed E-state index contributed by atoms with van der Waals surface area (Å²) in [4.78, 5) is 29.0. The summed E-state index contributed by atoms with van der Waals surface area (Å²) < 4.78 is 10.2. The smallest absolute Gasteiger partial charge is 0.226 e. The van der Waals surface area contributed by atoms with Crippen LogP contribution in [-0.2, 0) is 14.3 Å². The molecule has 0 bridgehead atoms. The first kappa shape index (κ1) is 19.5. The molecule has 0 radical (unpaired) electrons. The van der Waals surface area contributed by atoms with Gasteiger partial charge in [-0.25, -0.2) is 0 Å². The Morgan fingerprint density at radius 1 is 1.07 bits per heavy atom. The Kier molecular flexibility index (Phi) is 6.55. The van der Waals surface area contributed by atoms with Crippen molar-refractivity contribution in [1.29, 1.82) is 0 Å². The van der Waals surface area contributed by atoms with Crippen LogP contribution in [0.2, 0.25) is 0 Å². The van der Waals surface area contributed by atoms with Crippen LogP contribution in [-0.4, -0.2) is 70.3 Å². The number of ether oxygens (including phenoxy) is 2. The van der Waals surface area contributed by atoms with E-state index in [0.717, 1.165) is 30.9 Å². The molecule has 7 heteroatoms. The van der Waals surface area contributed by atoms with Gasteiger partial charge in [-0.3, -0.25) is 9.59 Å². The standard InChI is InChI=1S/C20H29N3O4/c1-26-13-3-8-21-19(24)17-14-18(17)20(25)23-11-9-22(10-12-23)15-4-6-16(27-2)7-5-15/h4-7,17-18H,3,8-14H2,1-2H3,(H,21,24). The van der Waals surface area contributed by atoms with E-state index in [0.29, 0.717) is 32.7 Å². The lowest BCUT2D eigenvalue weighted by Crippen LogP contribution is -2.49. The number of amides is 2. The van der Waals surface area contributed by atoms with Crippen molar-refractivity contribution in [3.8, 4) is 5.75 Å². The van der Waals surface area contributed by atoms with E-state index in [1.54, 1.807) is 14.2 Å². The molecule has 1 aromatic rings. The summed E-state index contributed by atoms with van der Waals surface area (Å²) in [5.74, 6) is 0.676. The van der Waals surface area contributed by atoms with Crippen molar-refractivity contribution < 1.29 is 19.1 Å². The molecule has 0 aromatic heterocycles. The molecule has 1 saturated carbocycles. The van der Waals surface area contributed by atoms with Gasteiger partial charge in [-0.2, -0.15) is 0 Å². The van der Waals surface area contributed by atoms with Gasteiger partial charge in [0.1, 0.15) is 5.75 Å². The summed E-state index contributed by atoms with van der Waals surface area (Å²) in [7, 11) is 3.30. The number of methoxy groups -OCH3 is 2. The van der Waals surface area contributed by atoms with Crippen LogP contribution in [0.5, 0.6) is 5.75 Å². The summed E-state index contributed by atoms with van der Waals surface area (Å²) in [6, 6.07) is 7.99. The Bertz CT molecular complexity index is 641.